The molecule has 98 valence electrons. The van der Waals surface area contributed by atoms with E-state index in [0.717, 1.165) is 16.8 Å². The largest absolute Gasteiger partial charge is 0.325 e. The molecule has 18 heavy (non-hydrogen) atoms. The van der Waals surface area contributed by atoms with Crippen molar-refractivity contribution in [3.05, 3.63) is 29.3 Å². The van der Waals surface area contributed by atoms with Crippen molar-refractivity contribution >= 4 is 28.4 Å². The standard InChI is InChI=1S/C14H20N2OS/c1-9-6-7-10(12(15)18-5)8-11(9)16-13(17)14(2,3)4/h6-8,15H,1-5H3,(H,16,17). The molecular formula is C14H20N2OS. The first-order valence-corrected chi connectivity index (χ1v) is 7.03. The molecule has 0 aliphatic heterocycles. The fourth-order valence-electron chi connectivity index (χ4n) is 1.33. The van der Waals surface area contributed by atoms with E-state index >= 15 is 0 Å². The molecule has 1 rings (SSSR count). The predicted molar refractivity (Wildman–Crippen MR) is 79.6 cm³/mol. The summed E-state index contributed by atoms with van der Waals surface area (Å²) >= 11 is 1.39. The van der Waals surface area contributed by atoms with Crippen LogP contribution in [0, 0.1) is 17.7 Å². The van der Waals surface area contributed by atoms with Crippen LogP contribution in [-0.4, -0.2) is 17.2 Å². The molecule has 0 atom stereocenters. The Morgan fingerprint density at radius 3 is 2.44 bits per heavy atom. The number of benzene rings is 1. The molecule has 0 radical (unpaired) electrons. The number of thioether (sulfide) groups is 1. The van der Waals surface area contributed by atoms with E-state index < -0.39 is 5.41 Å². The lowest BCUT2D eigenvalue weighted by atomic mass is 9.95. The summed E-state index contributed by atoms with van der Waals surface area (Å²) in [6, 6.07) is 5.69. The zero-order chi connectivity index (χ0) is 13.9. The SMILES string of the molecule is CSC(=N)c1ccc(C)c(NC(=O)C(C)(C)C)c1. The smallest absolute Gasteiger partial charge is 0.229 e. The average molecular weight is 264 g/mol. The van der Waals surface area contributed by atoms with Gasteiger partial charge >= 0.3 is 0 Å². The van der Waals surface area contributed by atoms with E-state index in [2.05, 4.69) is 5.32 Å². The minimum atomic E-state index is -0.421. The molecule has 0 saturated carbocycles. The molecule has 1 aromatic carbocycles. The second kappa shape index (κ2) is 5.57. The predicted octanol–water partition coefficient (Wildman–Crippen LogP) is 3.67. The van der Waals surface area contributed by atoms with Crippen molar-refractivity contribution < 1.29 is 4.79 Å². The molecule has 0 aliphatic carbocycles. The molecule has 0 saturated heterocycles. The Kier molecular flexibility index (Phi) is 4.57. The molecule has 0 aromatic heterocycles. The van der Waals surface area contributed by atoms with Crippen LogP contribution in [0.5, 0.6) is 0 Å². The highest BCUT2D eigenvalue weighted by Crippen LogP contribution is 2.22. The lowest BCUT2D eigenvalue weighted by molar-refractivity contribution is -0.123. The van der Waals surface area contributed by atoms with Gasteiger partial charge in [0.05, 0.1) is 5.04 Å². The molecule has 0 heterocycles. The van der Waals surface area contributed by atoms with Gasteiger partial charge in [0.2, 0.25) is 5.91 Å². The molecule has 1 aromatic rings. The normalized spacial score (nSPS) is 11.2. The Labute approximate surface area is 113 Å². The van der Waals surface area contributed by atoms with Gasteiger partial charge in [0.1, 0.15) is 0 Å². The van der Waals surface area contributed by atoms with Crippen LogP contribution >= 0.6 is 11.8 Å². The van der Waals surface area contributed by atoms with Crippen molar-refractivity contribution in [3.63, 3.8) is 0 Å². The highest BCUT2D eigenvalue weighted by Gasteiger charge is 2.21. The van der Waals surface area contributed by atoms with Crippen LogP contribution in [0.1, 0.15) is 31.9 Å². The highest BCUT2D eigenvalue weighted by molar-refractivity contribution is 8.13. The van der Waals surface area contributed by atoms with Crippen molar-refractivity contribution in [1.82, 2.24) is 0 Å². The summed E-state index contributed by atoms with van der Waals surface area (Å²) in [6.07, 6.45) is 1.87. The Morgan fingerprint density at radius 2 is 1.94 bits per heavy atom. The molecule has 0 aliphatic rings. The topological polar surface area (TPSA) is 53.0 Å². The number of carbonyl (C=O) groups is 1. The molecule has 1 amide bonds. The molecule has 0 fully saturated rings. The van der Waals surface area contributed by atoms with Crippen molar-refractivity contribution in [1.29, 1.82) is 5.41 Å². The van der Waals surface area contributed by atoms with Gasteiger partial charge in [0, 0.05) is 16.7 Å². The van der Waals surface area contributed by atoms with E-state index in [1.54, 1.807) is 0 Å². The second-order valence-electron chi connectivity index (χ2n) is 5.27. The van der Waals surface area contributed by atoms with E-state index in [1.807, 2.05) is 52.1 Å². The Morgan fingerprint density at radius 1 is 1.33 bits per heavy atom. The number of carbonyl (C=O) groups excluding carboxylic acids is 1. The lowest BCUT2D eigenvalue weighted by Gasteiger charge is -2.19. The third-order valence-electron chi connectivity index (χ3n) is 2.63. The van der Waals surface area contributed by atoms with E-state index in [-0.39, 0.29) is 5.91 Å². The third-order valence-corrected chi connectivity index (χ3v) is 3.28. The summed E-state index contributed by atoms with van der Waals surface area (Å²) in [6.45, 7) is 7.59. The van der Waals surface area contributed by atoms with Gasteiger partial charge in [-0.25, -0.2) is 0 Å². The number of amides is 1. The molecular weight excluding hydrogens is 244 g/mol. The summed E-state index contributed by atoms with van der Waals surface area (Å²) in [5, 5.41) is 11.2. The zero-order valence-corrected chi connectivity index (χ0v) is 12.4. The van der Waals surface area contributed by atoms with Crippen LogP contribution in [0.2, 0.25) is 0 Å². The van der Waals surface area contributed by atoms with E-state index in [1.165, 1.54) is 11.8 Å². The first-order chi connectivity index (χ1) is 8.25. The van der Waals surface area contributed by atoms with Crippen LogP contribution in [-0.2, 0) is 4.79 Å². The van der Waals surface area contributed by atoms with Gasteiger partial charge in [0.25, 0.3) is 0 Å². The summed E-state index contributed by atoms with van der Waals surface area (Å²) in [5.74, 6) is -0.0153. The Hall–Kier alpha value is -1.29. The van der Waals surface area contributed by atoms with Crippen molar-refractivity contribution in [2.24, 2.45) is 5.41 Å². The molecule has 0 spiro atoms. The minimum absolute atomic E-state index is 0.0153. The van der Waals surface area contributed by atoms with Gasteiger partial charge in [-0.05, 0) is 24.8 Å². The maximum Gasteiger partial charge on any atom is 0.229 e. The van der Waals surface area contributed by atoms with Gasteiger partial charge in [-0.2, -0.15) is 0 Å². The van der Waals surface area contributed by atoms with Gasteiger partial charge in [-0.1, -0.05) is 32.9 Å². The van der Waals surface area contributed by atoms with Crippen LogP contribution in [0.25, 0.3) is 0 Å². The molecule has 4 heteroatoms. The summed E-state index contributed by atoms with van der Waals surface area (Å²) in [4.78, 5) is 12.0. The zero-order valence-electron chi connectivity index (χ0n) is 11.5. The summed E-state index contributed by atoms with van der Waals surface area (Å²) in [7, 11) is 0. The Bertz CT molecular complexity index is 475. The summed E-state index contributed by atoms with van der Waals surface area (Å²) < 4.78 is 0. The quantitative estimate of drug-likeness (QED) is 0.632. The van der Waals surface area contributed by atoms with Crippen molar-refractivity contribution in [2.45, 2.75) is 27.7 Å². The third kappa shape index (κ3) is 3.60. The number of nitrogens with one attached hydrogen (secondary N) is 2. The Balaban J connectivity index is 3.02. The van der Waals surface area contributed by atoms with Crippen LogP contribution in [0.4, 0.5) is 5.69 Å². The monoisotopic (exact) mass is 264 g/mol. The van der Waals surface area contributed by atoms with E-state index in [0.29, 0.717) is 5.04 Å². The molecule has 0 unspecified atom stereocenters. The second-order valence-corrected chi connectivity index (χ2v) is 6.08. The minimum Gasteiger partial charge on any atom is -0.325 e. The van der Waals surface area contributed by atoms with Gasteiger partial charge in [-0.15, -0.1) is 11.8 Å². The highest BCUT2D eigenvalue weighted by atomic mass is 32.2. The first-order valence-electron chi connectivity index (χ1n) is 5.80. The van der Waals surface area contributed by atoms with E-state index in [9.17, 15) is 4.79 Å². The van der Waals surface area contributed by atoms with Crippen LogP contribution in [0.3, 0.4) is 0 Å². The van der Waals surface area contributed by atoms with Crippen LogP contribution < -0.4 is 5.32 Å². The average Bonchev–Trinajstić information content (AvgIpc) is 2.29. The van der Waals surface area contributed by atoms with Gasteiger partial charge < -0.3 is 5.32 Å². The number of hydrogen-bond donors (Lipinski definition) is 2. The van der Waals surface area contributed by atoms with Crippen LogP contribution in [0.15, 0.2) is 18.2 Å². The maximum absolute atomic E-state index is 12.0. The number of rotatable bonds is 2. The van der Waals surface area contributed by atoms with Crippen molar-refractivity contribution in [2.75, 3.05) is 11.6 Å². The van der Waals surface area contributed by atoms with Gasteiger partial charge in [-0.3, -0.25) is 10.2 Å². The fraction of sp³-hybridized carbons (Fsp3) is 0.429. The maximum atomic E-state index is 12.0. The number of hydrogen-bond acceptors (Lipinski definition) is 3. The first kappa shape index (κ1) is 14.8. The van der Waals surface area contributed by atoms with Crippen molar-refractivity contribution in [3.8, 4) is 0 Å². The number of anilines is 1. The number of aryl methyl sites for hydroxylation is 1. The lowest BCUT2D eigenvalue weighted by Crippen LogP contribution is -2.28. The molecule has 3 nitrogen and oxygen atoms in total. The molecule has 2 N–H and O–H groups in total. The van der Waals surface area contributed by atoms with E-state index in [4.69, 9.17) is 5.41 Å². The fourth-order valence-corrected chi connectivity index (χ4v) is 1.69. The van der Waals surface area contributed by atoms with Gasteiger partial charge in [0.15, 0.2) is 0 Å². The molecule has 0 bridgehead atoms. The summed E-state index contributed by atoms with van der Waals surface area (Å²) in [5.41, 5.74) is 2.20.